The van der Waals surface area contributed by atoms with E-state index in [1.165, 1.54) is 22.6 Å². The number of fused-ring (bicyclic) bond motifs is 2. The third-order valence-corrected chi connectivity index (χ3v) is 5.21. The zero-order valence-electron chi connectivity index (χ0n) is 11.9. The minimum atomic E-state index is -0.177. The number of aromatic amines is 1. The molecule has 1 heterocycles. The second-order valence-corrected chi connectivity index (χ2v) is 6.84. The average molecular weight is 359 g/mol. The van der Waals surface area contributed by atoms with Crippen molar-refractivity contribution in [3.05, 3.63) is 69.6 Å². The number of H-pyrrole nitrogens is 1. The second kappa shape index (κ2) is 5.21. The Morgan fingerprint density at radius 2 is 2.00 bits per heavy atom. The summed E-state index contributed by atoms with van der Waals surface area (Å²) >= 11 is 3.50. The van der Waals surface area contributed by atoms with Gasteiger partial charge in [-0.05, 0) is 59.8 Å². The van der Waals surface area contributed by atoms with E-state index in [0.29, 0.717) is 12.5 Å². The molecule has 0 spiro atoms. The van der Waals surface area contributed by atoms with Crippen LogP contribution in [0.2, 0.25) is 0 Å². The molecule has 112 valence electrons. The molecule has 0 saturated heterocycles. The molecule has 3 N–H and O–H groups in total. The average Bonchev–Trinajstić information content (AvgIpc) is 3.07. The fourth-order valence-corrected chi connectivity index (χ4v) is 4.05. The van der Waals surface area contributed by atoms with Gasteiger partial charge < -0.3 is 10.7 Å². The number of nitrogens with two attached hydrogens (primary N) is 1. The Kier molecular flexibility index (Phi) is 3.31. The Hall–Kier alpha value is -1.65. The Balaban J connectivity index is 1.88. The van der Waals surface area contributed by atoms with Crippen molar-refractivity contribution in [2.24, 2.45) is 5.73 Å². The summed E-state index contributed by atoms with van der Waals surface area (Å²) in [5, 5.41) is 1.20. The van der Waals surface area contributed by atoms with Gasteiger partial charge in [0, 0.05) is 27.5 Å². The second-order valence-electron chi connectivity index (χ2n) is 5.93. The smallest absolute Gasteiger partial charge is 0.123 e. The van der Waals surface area contributed by atoms with E-state index in [1.807, 2.05) is 12.1 Å². The lowest BCUT2D eigenvalue weighted by Gasteiger charge is -2.11. The van der Waals surface area contributed by atoms with Crippen molar-refractivity contribution in [1.29, 1.82) is 0 Å². The molecule has 0 saturated carbocycles. The normalized spacial score (nSPS) is 20.5. The van der Waals surface area contributed by atoms with Gasteiger partial charge in [0.1, 0.15) is 5.82 Å². The van der Waals surface area contributed by atoms with Crippen LogP contribution in [-0.4, -0.2) is 11.5 Å². The summed E-state index contributed by atoms with van der Waals surface area (Å²) in [5.74, 6) is 0.333. The molecule has 4 heteroatoms. The highest BCUT2D eigenvalue weighted by Gasteiger charge is 2.32. The number of rotatable bonds is 2. The van der Waals surface area contributed by atoms with Gasteiger partial charge in [-0.3, -0.25) is 0 Å². The van der Waals surface area contributed by atoms with E-state index in [-0.39, 0.29) is 11.7 Å². The van der Waals surface area contributed by atoms with E-state index in [9.17, 15) is 4.39 Å². The molecule has 0 bridgehead atoms. The fraction of sp³-hybridized carbons (Fsp3) is 0.222. The zero-order chi connectivity index (χ0) is 15.3. The first-order valence-electron chi connectivity index (χ1n) is 7.43. The van der Waals surface area contributed by atoms with Crippen molar-refractivity contribution in [2.75, 3.05) is 6.54 Å². The van der Waals surface area contributed by atoms with Crippen LogP contribution in [0.3, 0.4) is 0 Å². The van der Waals surface area contributed by atoms with Gasteiger partial charge >= 0.3 is 0 Å². The van der Waals surface area contributed by atoms with Crippen LogP contribution in [0, 0.1) is 5.82 Å². The van der Waals surface area contributed by atoms with Crippen LogP contribution >= 0.6 is 15.9 Å². The lowest BCUT2D eigenvalue weighted by atomic mass is 9.92. The molecular weight excluding hydrogens is 343 g/mol. The molecule has 2 atom stereocenters. The van der Waals surface area contributed by atoms with Crippen LogP contribution in [0.5, 0.6) is 0 Å². The maximum absolute atomic E-state index is 13.7. The van der Waals surface area contributed by atoms with Crippen molar-refractivity contribution in [1.82, 2.24) is 4.98 Å². The first-order valence-corrected chi connectivity index (χ1v) is 8.22. The molecule has 0 aliphatic heterocycles. The quantitative estimate of drug-likeness (QED) is 0.687. The standard InChI is InChI=1S/C18H16BrFN2/c19-11-1-3-14-17(9-22-18(14)6-11)15-5-10(8-21)13-4-2-12(20)7-16(13)15/h1-4,6-7,9-10,15,22H,5,8,21H2. The largest absolute Gasteiger partial charge is 0.361 e. The van der Waals surface area contributed by atoms with Gasteiger partial charge in [-0.1, -0.05) is 28.1 Å². The molecule has 22 heavy (non-hydrogen) atoms. The first kappa shape index (κ1) is 14.0. The van der Waals surface area contributed by atoms with Crippen molar-refractivity contribution < 1.29 is 4.39 Å². The zero-order valence-corrected chi connectivity index (χ0v) is 13.5. The van der Waals surface area contributed by atoms with Crippen LogP contribution < -0.4 is 5.73 Å². The van der Waals surface area contributed by atoms with E-state index in [0.717, 1.165) is 22.0 Å². The Labute approximate surface area is 136 Å². The summed E-state index contributed by atoms with van der Waals surface area (Å²) in [6.07, 6.45) is 2.99. The number of aromatic nitrogens is 1. The van der Waals surface area contributed by atoms with E-state index in [1.54, 1.807) is 6.07 Å². The molecular formula is C18H16BrFN2. The molecule has 1 aliphatic carbocycles. The van der Waals surface area contributed by atoms with Gasteiger partial charge in [-0.15, -0.1) is 0 Å². The summed E-state index contributed by atoms with van der Waals surface area (Å²) in [4.78, 5) is 3.33. The highest BCUT2D eigenvalue weighted by atomic mass is 79.9. The molecule has 2 nitrogen and oxygen atoms in total. The van der Waals surface area contributed by atoms with Crippen LogP contribution in [-0.2, 0) is 0 Å². The predicted molar refractivity (Wildman–Crippen MR) is 90.7 cm³/mol. The summed E-state index contributed by atoms with van der Waals surface area (Å²) in [6, 6.07) is 11.3. The number of nitrogens with one attached hydrogen (secondary N) is 1. The van der Waals surface area contributed by atoms with Crippen LogP contribution in [0.15, 0.2) is 47.1 Å². The van der Waals surface area contributed by atoms with Gasteiger partial charge in [0.05, 0.1) is 0 Å². The summed E-state index contributed by atoms with van der Waals surface area (Å²) in [6.45, 7) is 0.600. The Morgan fingerprint density at radius 1 is 1.14 bits per heavy atom. The van der Waals surface area contributed by atoms with Gasteiger partial charge in [-0.2, -0.15) is 0 Å². The lowest BCUT2D eigenvalue weighted by Crippen LogP contribution is -2.09. The van der Waals surface area contributed by atoms with Gasteiger partial charge in [0.2, 0.25) is 0 Å². The van der Waals surface area contributed by atoms with Crippen LogP contribution in [0.25, 0.3) is 10.9 Å². The fourth-order valence-electron chi connectivity index (χ4n) is 3.68. The molecule has 1 aliphatic rings. The minimum Gasteiger partial charge on any atom is -0.361 e. The van der Waals surface area contributed by atoms with Crippen molar-refractivity contribution in [2.45, 2.75) is 18.3 Å². The molecule has 1 aromatic heterocycles. The van der Waals surface area contributed by atoms with Gasteiger partial charge in [0.15, 0.2) is 0 Å². The van der Waals surface area contributed by atoms with Crippen LogP contribution in [0.4, 0.5) is 4.39 Å². The van der Waals surface area contributed by atoms with Crippen molar-refractivity contribution >= 4 is 26.8 Å². The van der Waals surface area contributed by atoms with E-state index in [2.05, 4.69) is 39.2 Å². The third kappa shape index (κ3) is 2.09. The molecule has 2 aromatic carbocycles. The number of hydrogen-bond donors (Lipinski definition) is 2. The third-order valence-electron chi connectivity index (χ3n) is 4.72. The summed E-state index contributed by atoms with van der Waals surface area (Å²) in [5.41, 5.74) is 10.5. The van der Waals surface area contributed by atoms with Crippen LogP contribution in [0.1, 0.15) is 34.9 Å². The Bertz CT molecular complexity index is 855. The number of benzene rings is 2. The van der Waals surface area contributed by atoms with E-state index < -0.39 is 0 Å². The van der Waals surface area contributed by atoms with E-state index in [4.69, 9.17) is 5.73 Å². The molecule has 3 aromatic rings. The first-order chi connectivity index (χ1) is 10.7. The topological polar surface area (TPSA) is 41.8 Å². The van der Waals surface area contributed by atoms with E-state index >= 15 is 0 Å². The molecule has 0 fully saturated rings. The molecule has 4 rings (SSSR count). The highest BCUT2D eigenvalue weighted by Crippen LogP contribution is 2.46. The maximum Gasteiger partial charge on any atom is 0.123 e. The van der Waals surface area contributed by atoms with Crippen molar-refractivity contribution in [3.63, 3.8) is 0 Å². The van der Waals surface area contributed by atoms with Gasteiger partial charge in [-0.25, -0.2) is 4.39 Å². The monoisotopic (exact) mass is 358 g/mol. The predicted octanol–water partition coefficient (Wildman–Crippen LogP) is 4.65. The highest BCUT2D eigenvalue weighted by molar-refractivity contribution is 9.10. The molecule has 2 unspecified atom stereocenters. The molecule has 0 radical (unpaired) electrons. The van der Waals surface area contributed by atoms with Gasteiger partial charge in [0.25, 0.3) is 0 Å². The summed E-state index contributed by atoms with van der Waals surface area (Å²) < 4.78 is 14.8. The Morgan fingerprint density at radius 3 is 2.82 bits per heavy atom. The SMILES string of the molecule is NCC1CC(c2c[nH]c3cc(Br)ccc23)c2cc(F)ccc21. The number of halogens is 2. The summed E-state index contributed by atoms with van der Waals surface area (Å²) in [7, 11) is 0. The van der Waals surface area contributed by atoms with Crippen molar-refractivity contribution in [3.8, 4) is 0 Å². The molecule has 0 amide bonds. The minimum absolute atomic E-state index is 0.177. The number of hydrogen-bond acceptors (Lipinski definition) is 1. The maximum atomic E-state index is 13.7. The lowest BCUT2D eigenvalue weighted by molar-refractivity contribution is 0.624.